The minimum Gasteiger partial charge on any atom is -0.494 e. The summed E-state index contributed by atoms with van der Waals surface area (Å²) < 4.78 is 15.8. The molecule has 0 bridgehead atoms. The zero-order valence-corrected chi connectivity index (χ0v) is 13.1. The normalized spacial score (nSPS) is 10.5. The maximum atomic E-state index is 12.3. The maximum Gasteiger partial charge on any atom is 0.322 e. The van der Waals surface area contributed by atoms with Crippen LogP contribution in [0.1, 0.15) is 30.1 Å². The number of anilines is 1. The van der Waals surface area contributed by atoms with Gasteiger partial charge < -0.3 is 13.7 Å². The lowest BCUT2D eigenvalue weighted by Crippen LogP contribution is -2.12. The third kappa shape index (κ3) is 3.78. The lowest BCUT2D eigenvalue weighted by molar-refractivity contribution is 0.102. The van der Waals surface area contributed by atoms with Crippen molar-refractivity contribution in [2.45, 2.75) is 19.8 Å². The Labute approximate surface area is 137 Å². The van der Waals surface area contributed by atoms with Crippen molar-refractivity contribution in [2.75, 3.05) is 11.9 Å². The molecule has 0 aliphatic heterocycles. The number of ether oxygens (including phenoxy) is 1. The number of hydrogen-bond donors (Lipinski definition) is 1. The molecule has 1 N–H and O–H groups in total. The van der Waals surface area contributed by atoms with Gasteiger partial charge in [-0.1, -0.05) is 29.7 Å². The number of carbonyl (C=O) groups excluding carboxylic acids is 1. The van der Waals surface area contributed by atoms with Crippen LogP contribution in [-0.4, -0.2) is 27.9 Å². The van der Waals surface area contributed by atoms with E-state index >= 15 is 0 Å². The molecule has 1 amide bonds. The fourth-order valence-electron chi connectivity index (χ4n) is 1.93. The van der Waals surface area contributed by atoms with Crippen molar-refractivity contribution in [2.24, 2.45) is 0 Å². The van der Waals surface area contributed by atoms with Gasteiger partial charge in [-0.3, -0.25) is 10.1 Å². The SMILES string of the molecule is CCCCOc1cccc(C(=O)Nc2nnc(-c3ccno3)o2)c1. The monoisotopic (exact) mass is 328 g/mol. The molecule has 0 saturated carbocycles. The first-order valence-electron chi connectivity index (χ1n) is 7.55. The van der Waals surface area contributed by atoms with Gasteiger partial charge in [0.15, 0.2) is 0 Å². The second kappa shape index (κ2) is 7.40. The number of carbonyl (C=O) groups is 1. The Bertz CT molecular complexity index is 798. The van der Waals surface area contributed by atoms with Crippen LogP contribution in [0, 0.1) is 0 Å². The van der Waals surface area contributed by atoms with E-state index in [1.807, 2.05) is 0 Å². The summed E-state index contributed by atoms with van der Waals surface area (Å²) >= 11 is 0. The minimum atomic E-state index is -0.372. The van der Waals surface area contributed by atoms with Crippen LogP contribution in [0.3, 0.4) is 0 Å². The summed E-state index contributed by atoms with van der Waals surface area (Å²) in [5.41, 5.74) is 0.434. The molecule has 24 heavy (non-hydrogen) atoms. The number of benzene rings is 1. The van der Waals surface area contributed by atoms with Crippen LogP contribution < -0.4 is 10.1 Å². The summed E-state index contributed by atoms with van der Waals surface area (Å²) in [7, 11) is 0. The number of amides is 1. The minimum absolute atomic E-state index is 0.0243. The van der Waals surface area contributed by atoms with E-state index in [0.717, 1.165) is 12.8 Å². The number of nitrogens with one attached hydrogen (secondary N) is 1. The molecule has 124 valence electrons. The molecule has 8 nitrogen and oxygen atoms in total. The predicted octanol–water partition coefficient (Wildman–Crippen LogP) is 3.16. The molecule has 0 aliphatic rings. The Hall–Kier alpha value is -3.16. The first-order chi connectivity index (χ1) is 11.8. The highest BCUT2D eigenvalue weighted by atomic mass is 16.5. The molecule has 0 fully saturated rings. The zero-order valence-electron chi connectivity index (χ0n) is 13.1. The van der Waals surface area contributed by atoms with Crippen LogP contribution in [0.2, 0.25) is 0 Å². The quantitative estimate of drug-likeness (QED) is 0.664. The summed E-state index contributed by atoms with van der Waals surface area (Å²) in [6, 6.07) is 8.46. The van der Waals surface area contributed by atoms with Crippen molar-refractivity contribution in [1.82, 2.24) is 15.4 Å². The first kappa shape index (κ1) is 15.7. The van der Waals surface area contributed by atoms with Crippen molar-refractivity contribution in [3.63, 3.8) is 0 Å². The summed E-state index contributed by atoms with van der Waals surface area (Å²) in [4.78, 5) is 12.3. The topological polar surface area (TPSA) is 103 Å². The van der Waals surface area contributed by atoms with E-state index < -0.39 is 0 Å². The fourth-order valence-corrected chi connectivity index (χ4v) is 1.93. The summed E-state index contributed by atoms with van der Waals surface area (Å²) in [5.74, 6) is 0.737. The molecule has 0 saturated heterocycles. The van der Waals surface area contributed by atoms with Gasteiger partial charge in [-0.2, -0.15) is 0 Å². The lowest BCUT2D eigenvalue weighted by Gasteiger charge is -2.07. The Morgan fingerprint density at radius 3 is 3.00 bits per heavy atom. The number of unbranched alkanes of at least 4 members (excludes halogenated alkanes) is 1. The van der Waals surface area contributed by atoms with E-state index in [-0.39, 0.29) is 17.8 Å². The smallest absolute Gasteiger partial charge is 0.322 e. The Balaban J connectivity index is 1.65. The third-order valence-corrected chi connectivity index (χ3v) is 3.16. The van der Waals surface area contributed by atoms with Gasteiger partial charge in [-0.25, -0.2) is 0 Å². The van der Waals surface area contributed by atoms with Crippen molar-refractivity contribution < 1.29 is 18.5 Å². The molecule has 0 unspecified atom stereocenters. The molecule has 0 radical (unpaired) electrons. The van der Waals surface area contributed by atoms with Crippen LogP contribution in [0.5, 0.6) is 5.75 Å². The highest BCUT2D eigenvalue weighted by Gasteiger charge is 2.15. The van der Waals surface area contributed by atoms with E-state index in [2.05, 4.69) is 27.6 Å². The molecule has 2 aromatic heterocycles. The second-order valence-corrected chi connectivity index (χ2v) is 4.97. The maximum absolute atomic E-state index is 12.3. The standard InChI is InChI=1S/C16H16N4O4/c1-2-3-9-22-12-6-4-5-11(10-12)14(21)18-16-20-19-15(23-16)13-7-8-17-24-13/h4-8,10H,2-3,9H2,1H3,(H,18,20,21). The zero-order chi connectivity index (χ0) is 16.8. The van der Waals surface area contributed by atoms with Crippen LogP contribution in [0.15, 0.2) is 45.5 Å². The van der Waals surface area contributed by atoms with Gasteiger partial charge in [0.2, 0.25) is 5.76 Å². The Morgan fingerprint density at radius 1 is 1.29 bits per heavy atom. The number of rotatable bonds is 7. The molecular formula is C16H16N4O4. The average molecular weight is 328 g/mol. The lowest BCUT2D eigenvalue weighted by atomic mass is 10.2. The van der Waals surface area contributed by atoms with Crippen LogP contribution in [0.4, 0.5) is 6.01 Å². The molecule has 1 aromatic carbocycles. The predicted molar refractivity (Wildman–Crippen MR) is 84.6 cm³/mol. The van der Waals surface area contributed by atoms with Gasteiger partial charge in [0.25, 0.3) is 11.8 Å². The van der Waals surface area contributed by atoms with Crippen molar-refractivity contribution in [3.8, 4) is 17.4 Å². The number of aromatic nitrogens is 3. The third-order valence-electron chi connectivity index (χ3n) is 3.16. The fraction of sp³-hybridized carbons (Fsp3) is 0.250. The Kier molecular flexibility index (Phi) is 4.85. The van der Waals surface area contributed by atoms with Crippen LogP contribution >= 0.6 is 0 Å². The highest BCUT2D eigenvalue weighted by molar-refractivity contribution is 6.03. The average Bonchev–Trinajstić information content (AvgIpc) is 3.26. The van der Waals surface area contributed by atoms with Gasteiger partial charge in [0.1, 0.15) is 5.75 Å². The highest BCUT2D eigenvalue weighted by Crippen LogP contribution is 2.20. The summed E-state index contributed by atoms with van der Waals surface area (Å²) in [5, 5.41) is 13.6. The van der Waals surface area contributed by atoms with Gasteiger partial charge in [-0.05, 0) is 24.6 Å². The summed E-state index contributed by atoms with van der Waals surface area (Å²) in [6.07, 6.45) is 3.47. The van der Waals surface area contributed by atoms with Crippen molar-refractivity contribution in [3.05, 3.63) is 42.1 Å². The number of hydrogen-bond acceptors (Lipinski definition) is 7. The van der Waals surface area contributed by atoms with Crippen molar-refractivity contribution >= 4 is 11.9 Å². The molecule has 3 aromatic rings. The van der Waals surface area contributed by atoms with Gasteiger partial charge in [0.05, 0.1) is 12.8 Å². The van der Waals surface area contributed by atoms with E-state index in [1.54, 1.807) is 30.3 Å². The van der Waals surface area contributed by atoms with E-state index in [1.165, 1.54) is 6.20 Å². The van der Waals surface area contributed by atoms with E-state index in [4.69, 9.17) is 13.7 Å². The molecule has 0 atom stereocenters. The van der Waals surface area contributed by atoms with Crippen LogP contribution in [0.25, 0.3) is 11.7 Å². The molecule has 8 heteroatoms. The summed E-state index contributed by atoms with van der Waals surface area (Å²) in [6.45, 7) is 2.70. The molecule has 0 aliphatic carbocycles. The Morgan fingerprint density at radius 2 is 2.21 bits per heavy atom. The largest absolute Gasteiger partial charge is 0.494 e. The van der Waals surface area contributed by atoms with Crippen LogP contribution in [-0.2, 0) is 0 Å². The van der Waals surface area contributed by atoms with Gasteiger partial charge >= 0.3 is 6.01 Å². The first-order valence-corrected chi connectivity index (χ1v) is 7.55. The van der Waals surface area contributed by atoms with Gasteiger partial charge in [-0.15, -0.1) is 5.10 Å². The molecule has 3 rings (SSSR count). The molecule has 0 spiro atoms. The van der Waals surface area contributed by atoms with Gasteiger partial charge in [0, 0.05) is 11.6 Å². The molecular weight excluding hydrogens is 312 g/mol. The molecule has 2 heterocycles. The van der Waals surface area contributed by atoms with E-state index in [0.29, 0.717) is 23.7 Å². The number of nitrogens with zero attached hydrogens (tertiary/aromatic N) is 3. The van der Waals surface area contributed by atoms with Crippen molar-refractivity contribution in [1.29, 1.82) is 0 Å². The second-order valence-electron chi connectivity index (χ2n) is 4.97. The van der Waals surface area contributed by atoms with E-state index in [9.17, 15) is 4.79 Å².